The molecule has 1 aromatic heterocycles. The first kappa shape index (κ1) is 18.5. The first-order valence-electron chi connectivity index (χ1n) is 8.42. The highest BCUT2D eigenvalue weighted by molar-refractivity contribution is 8.01. The van der Waals surface area contributed by atoms with E-state index in [2.05, 4.69) is 41.0 Å². The van der Waals surface area contributed by atoms with Gasteiger partial charge in [-0.2, -0.15) is 15.0 Å². The van der Waals surface area contributed by atoms with Crippen LogP contribution in [0.3, 0.4) is 0 Å². The molecule has 25 heavy (non-hydrogen) atoms. The molecule has 138 valence electrons. The van der Waals surface area contributed by atoms with Crippen LogP contribution >= 0.6 is 23.4 Å². The van der Waals surface area contributed by atoms with E-state index in [9.17, 15) is 4.79 Å². The number of hydrogen-bond donors (Lipinski definition) is 2. The highest BCUT2D eigenvalue weighted by atomic mass is 35.5. The van der Waals surface area contributed by atoms with Gasteiger partial charge in [-0.15, -0.1) is 11.8 Å². The minimum absolute atomic E-state index is 0.0211. The molecule has 1 aliphatic heterocycles. The lowest BCUT2D eigenvalue weighted by Crippen LogP contribution is -2.53. The molecule has 1 aliphatic carbocycles. The van der Waals surface area contributed by atoms with E-state index in [4.69, 9.17) is 17.3 Å². The smallest absolute Gasteiger partial charge is 0.241 e. The van der Waals surface area contributed by atoms with Crippen LogP contribution in [0.5, 0.6) is 0 Å². The normalized spacial score (nSPS) is 25.9. The molecule has 1 amide bonds. The Bertz CT molecular complexity index is 688. The number of carbonyl (C=O) groups excluding carboxylic acids is 1. The SMILES string of the molecule is CC(C)(C)C1SC(C)(C)C(C(N)=O)N1c1nc(Cl)nc(NC2CC2)n1. The van der Waals surface area contributed by atoms with E-state index in [1.54, 1.807) is 11.8 Å². The number of thioether (sulfide) groups is 1. The number of primary amides is 1. The van der Waals surface area contributed by atoms with Gasteiger partial charge in [0.15, 0.2) is 0 Å². The number of nitrogens with zero attached hydrogens (tertiary/aromatic N) is 4. The van der Waals surface area contributed by atoms with Crippen molar-refractivity contribution in [3.63, 3.8) is 0 Å². The topological polar surface area (TPSA) is 97.0 Å². The highest BCUT2D eigenvalue weighted by Gasteiger charge is 2.54. The molecule has 7 nitrogen and oxygen atoms in total. The van der Waals surface area contributed by atoms with Crippen LogP contribution in [-0.2, 0) is 4.79 Å². The Hall–Kier alpha value is -1.28. The lowest BCUT2D eigenvalue weighted by atomic mass is 9.93. The van der Waals surface area contributed by atoms with Crippen molar-refractivity contribution in [2.24, 2.45) is 11.1 Å². The molecule has 0 aromatic carbocycles. The summed E-state index contributed by atoms with van der Waals surface area (Å²) in [4.78, 5) is 27.2. The maximum Gasteiger partial charge on any atom is 0.241 e. The highest BCUT2D eigenvalue weighted by Crippen LogP contribution is 2.51. The summed E-state index contributed by atoms with van der Waals surface area (Å²) in [7, 11) is 0. The van der Waals surface area contributed by atoms with E-state index < -0.39 is 11.9 Å². The predicted molar refractivity (Wildman–Crippen MR) is 102 cm³/mol. The van der Waals surface area contributed by atoms with Gasteiger partial charge in [-0.3, -0.25) is 4.79 Å². The first-order valence-corrected chi connectivity index (χ1v) is 9.68. The summed E-state index contributed by atoms with van der Waals surface area (Å²) in [6, 6.07) is -0.143. The van der Waals surface area contributed by atoms with E-state index in [-0.39, 0.29) is 20.8 Å². The van der Waals surface area contributed by atoms with Gasteiger partial charge in [-0.05, 0) is 43.7 Å². The fourth-order valence-corrected chi connectivity index (χ4v) is 4.88. The van der Waals surface area contributed by atoms with E-state index in [1.165, 1.54) is 0 Å². The number of amides is 1. The van der Waals surface area contributed by atoms with E-state index in [0.29, 0.717) is 17.9 Å². The van der Waals surface area contributed by atoms with Gasteiger partial charge in [0.2, 0.25) is 23.1 Å². The number of rotatable bonds is 4. The molecule has 0 bridgehead atoms. The molecule has 1 saturated heterocycles. The largest absolute Gasteiger partial charge is 0.368 e. The van der Waals surface area contributed by atoms with Crippen molar-refractivity contribution >= 4 is 41.2 Å². The molecule has 3 N–H and O–H groups in total. The molecular weight excluding hydrogens is 360 g/mol. The van der Waals surface area contributed by atoms with Crippen LogP contribution in [0.15, 0.2) is 0 Å². The fourth-order valence-electron chi connectivity index (χ4n) is 3.10. The zero-order valence-electron chi connectivity index (χ0n) is 15.2. The van der Waals surface area contributed by atoms with Gasteiger partial charge in [-0.25, -0.2) is 0 Å². The number of halogens is 1. The quantitative estimate of drug-likeness (QED) is 0.823. The number of aromatic nitrogens is 3. The molecule has 9 heteroatoms. The van der Waals surface area contributed by atoms with Gasteiger partial charge in [0.05, 0.1) is 5.37 Å². The second kappa shape index (κ2) is 6.16. The standard InChI is InChI=1S/C16H25ClN6OS/c1-15(2,3)11-23(9(10(18)24)16(4,5)25-11)14-21-12(17)20-13(22-14)19-8-6-7-8/h8-9,11H,6-7H2,1-5H3,(H2,18,24)(H,19,20,21,22). The fraction of sp³-hybridized carbons (Fsp3) is 0.750. The summed E-state index contributed by atoms with van der Waals surface area (Å²) in [5, 5.41) is 3.33. The third-order valence-corrected chi connectivity index (χ3v) is 6.51. The Morgan fingerprint density at radius 3 is 2.48 bits per heavy atom. The van der Waals surface area contributed by atoms with Crippen LogP contribution in [-0.4, -0.2) is 43.1 Å². The molecule has 2 unspecified atom stereocenters. The number of carbonyl (C=O) groups is 1. The van der Waals surface area contributed by atoms with Gasteiger partial charge in [-0.1, -0.05) is 20.8 Å². The molecule has 0 radical (unpaired) electrons. The third kappa shape index (κ3) is 3.79. The van der Waals surface area contributed by atoms with E-state index >= 15 is 0 Å². The number of anilines is 2. The van der Waals surface area contributed by atoms with Crippen molar-refractivity contribution in [1.29, 1.82) is 0 Å². The van der Waals surface area contributed by atoms with Crippen LogP contribution in [0.4, 0.5) is 11.9 Å². The third-order valence-electron chi connectivity index (χ3n) is 4.35. The van der Waals surface area contributed by atoms with Crippen molar-refractivity contribution in [3.05, 3.63) is 5.28 Å². The number of nitrogens with two attached hydrogens (primary N) is 1. The second-order valence-corrected chi connectivity index (χ2v) is 10.4. The Balaban J connectivity index is 2.06. The molecule has 2 atom stereocenters. The number of hydrogen-bond acceptors (Lipinski definition) is 7. The van der Waals surface area contributed by atoms with Crippen molar-refractivity contribution < 1.29 is 4.79 Å². The van der Waals surface area contributed by atoms with Crippen molar-refractivity contribution in [2.45, 2.75) is 69.7 Å². The summed E-state index contributed by atoms with van der Waals surface area (Å²) in [5.74, 6) is 0.450. The van der Waals surface area contributed by atoms with E-state index in [1.807, 2.05) is 18.7 Å². The summed E-state index contributed by atoms with van der Waals surface area (Å²) >= 11 is 7.85. The van der Waals surface area contributed by atoms with Crippen molar-refractivity contribution in [3.8, 4) is 0 Å². The van der Waals surface area contributed by atoms with Gasteiger partial charge in [0, 0.05) is 10.8 Å². The van der Waals surface area contributed by atoms with Crippen LogP contribution in [0, 0.1) is 5.41 Å². The molecule has 2 heterocycles. The van der Waals surface area contributed by atoms with Gasteiger partial charge >= 0.3 is 0 Å². The van der Waals surface area contributed by atoms with Gasteiger partial charge < -0.3 is 16.0 Å². The van der Waals surface area contributed by atoms with Crippen LogP contribution in [0.1, 0.15) is 47.5 Å². The summed E-state index contributed by atoms with van der Waals surface area (Å²) < 4.78 is -0.368. The lowest BCUT2D eigenvalue weighted by molar-refractivity contribution is -0.119. The zero-order valence-corrected chi connectivity index (χ0v) is 16.8. The molecule has 2 aliphatic rings. The van der Waals surface area contributed by atoms with Crippen LogP contribution < -0.4 is 16.0 Å². The zero-order chi connectivity index (χ0) is 18.6. The molecule has 0 spiro atoms. The van der Waals surface area contributed by atoms with Crippen LogP contribution in [0.25, 0.3) is 0 Å². The Labute approximate surface area is 157 Å². The molecule has 2 fully saturated rings. The van der Waals surface area contributed by atoms with Gasteiger partial charge in [0.25, 0.3) is 0 Å². The molecule has 1 saturated carbocycles. The minimum Gasteiger partial charge on any atom is -0.368 e. The maximum absolute atomic E-state index is 12.3. The summed E-state index contributed by atoms with van der Waals surface area (Å²) in [5.41, 5.74) is 5.64. The molecule has 3 rings (SSSR count). The lowest BCUT2D eigenvalue weighted by Gasteiger charge is -2.36. The second-order valence-electron chi connectivity index (χ2n) is 8.30. The minimum atomic E-state index is -0.533. The van der Waals surface area contributed by atoms with Crippen molar-refractivity contribution in [2.75, 3.05) is 10.2 Å². The summed E-state index contributed by atoms with van der Waals surface area (Å²) in [6.07, 6.45) is 2.19. The summed E-state index contributed by atoms with van der Waals surface area (Å²) in [6.45, 7) is 10.4. The predicted octanol–water partition coefficient (Wildman–Crippen LogP) is 2.66. The Morgan fingerprint density at radius 2 is 1.96 bits per heavy atom. The molecule has 1 aromatic rings. The average Bonchev–Trinajstić information content (AvgIpc) is 3.18. The van der Waals surface area contributed by atoms with Crippen LogP contribution in [0.2, 0.25) is 5.28 Å². The van der Waals surface area contributed by atoms with E-state index in [0.717, 1.165) is 12.8 Å². The Kier molecular flexibility index (Phi) is 4.56. The first-order chi connectivity index (χ1) is 11.5. The number of nitrogens with one attached hydrogen (secondary N) is 1. The molecular formula is C16H25ClN6OS. The van der Waals surface area contributed by atoms with Gasteiger partial charge in [0.1, 0.15) is 6.04 Å². The van der Waals surface area contributed by atoms with Crippen molar-refractivity contribution in [1.82, 2.24) is 15.0 Å². The average molecular weight is 385 g/mol. The Morgan fingerprint density at radius 1 is 1.32 bits per heavy atom. The monoisotopic (exact) mass is 384 g/mol. The maximum atomic E-state index is 12.3.